The number of nitrogens with zero attached hydrogens (tertiary/aromatic N) is 1. The topological polar surface area (TPSA) is 24.9 Å². The third-order valence-electron chi connectivity index (χ3n) is 2.58. The van der Waals surface area contributed by atoms with Gasteiger partial charge in [0, 0.05) is 5.69 Å². The Hall–Kier alpha value is -1.35. The molecule has 2 aromatic rings. The average molecular weight is 277 g/mol. The Kier molecular flexibility index (Phi) is 3.25. The number of pyridine rings is 1. The molecule has 1 aromatic carbocycles. The van der Waals surface area contributed by atoms with E-state index in [-0.39, 0.29) is 0 Å². The van der Waals surface area contributed by atoms with Gasteiger partial charge >= 0.3 is 0 Å². The van der Waals surface area contributed by atoms with Crippen molar-refractivity contribution in [1.29, 1.82) is 0 Å². The number of benzene rings is 1. The van der Waals surface area contributed by atoms with Crippen molar-refractivity contribution in [2.75, 3.05) is 5.32 Å². The van der Waals surface area contributed by atoms with Gasteiger partial charge < -0.3 is 5.32 Å². The van der Waals surface area contributed by atoms with Crippen LogP contribution in [0.3, 0.4) is 0 Å². The maximum absolute atomic E-state index is 4.34. The van der Waals surface area contributed by atoms with Gasteiger partial charge in [0.25, 0.3) is 0 Å². The van der Waals surface area contributed by atoms with Crippen molar-refractivity contribution in [1.82, 2.24) is 4.98 Å². The molecule has 0 aliphatic heterocycles. The van der Waals surface area contributed by atoms with Gasteiger partial charge in [0.15, 0.2) is 0 Å². The zero-order valence-corrected chi connectivity index (χ0v) is 10.9. The third kappa shape index (κ3) is 2.42. The van der Waals surface area contributed by atoms with Crippen molar-refractivity contribution >= 4 is 27.4 Å². The maximum Gasteiger partial charge on any atom is 0.131 e. The molecule has 0 bridgehead atoms. The van der Waals surface area contributed by atoms with E-state index in [4.69, 9.17) is 0 Å². The van der Waals surface area contributed by atoms with Crippen molar-refractivity contribution in [2.45, 2.75) is 13.8 Å². The molecule has 0 fully saturated rings. The second-order valence-electron chi connectivity index (χ2n) is 3.72. The van der Waals surface area contributed by atoms with E-state index in [0.717, 1.165) is 16.1 Å². The van der Waals surface area contributed by atoms with E-state index >= 15 is 0 Å². The predicted octanol–water partition coefficient (Wildman–Crippen LogP) is 4.20. The summed E-state index contributed by atoms with van der Waals surface area (Å²) in [6.07, 6.45) is 0. The third-order valence-corrected chi connectivity index (χ3v) is 3.02. The molecular formula is C13H13BrN2. The smallest absolute Gasteiger partial charge is 0.131 e. The van der Waals surface area contributed by atoms with Crippen LogP contribution in [0.15, 0.2) is 41.0 Å². The van der Waals surface area contributed by atoms with E-state index in [1.54, 1.807) is 0 Å². The van der Waals surface area contributed by atoms with Crippen LogP contribution in [-0.2, 0) is 0 Å². The summed E-state index contributed by atoms with van der Waals surface area (Å²) in [5.74, 6) is 0.850. The first-order valence-electron chi connectivity index (χ1n) is 5.12. The molecule has 16 heavy (non-hydrogen) atoms. The minimum atomic E-state index is 0.836. The molecule has 2 rings (SSSR count). The van der Waals surface area contributed by atoms with Crippen LogP contribution in [0.5, 0.6) is 0 Å². The van der Waals surface area contributed by atoms with E-state index < -0.39 is 0 Å². The van der Waals surface area contributed by atoms with Gasteiger partial charge in [0.2, 0.25) is 0 Å². The summed E-state index contributed by atoms with van der Waals surface area (Å²) in [4.78, 5) is 4.34. The van der Waals surface area contributed by atoms with Crippen molar-refractivity contribution in [2.24, 2.45) is 0 Å². The summed E-state index contributed by atoms with van der Waals surface area (Å²) < 4.78 is 0.836. The fourth-order valence-corrected chi connectivity index (χ4v) is 1.85. The van der Waals surface area contributed by atoms with Gasteiger partial charge in [-0.25, -0.2) is 4.98 Å². The summed E-state index contributed by atoms with van der Waals surface area (Å²) in [7, 11) is 0. The fourth-order valence-electron chi connectivity index (χ4n) is 1.50. The Morgan fingerprint density at radius 1 is 1.06 bits per heavy atom. The second kappa shape index (κ2) is 4.66. The predicted molar refractivity (Wildman–Crippen MR) is 71.1 cm³/mol. The van der Waals surface area contributed by atoms with E-state index in [1.807, 2.05) is 24.3 Å². The lowest BCUT2D eigenvalue weighted by Gasteiger charge is -2.10. The van der Waals surface area contributed by atoms with Crippen LogP contribution in [0.1, 0.15) is 11.1 Å². The molecule has 0 aliphatic rings. The van der Waals surface area contributed by atoms with Crippen LogP contribution < -0.4 is 5.32 Å². The van der Waals surface area contributed by atoms with Crippen LogP contribution in [-0.4, -0.2) is 4.98 Å². The van der Waals surface area contributed by atoms with Crippen molar-refractivity contribution < 1.29 is 0 Å². The Morgan fingerprint density at radius 3 is 2.56 bits per heavy atom. The monoisotopic (exact) mass is 276 g/mol. The molecule has 1 heterocycles. The molecule has 82 valence electrons. The number of nitrogens with one attached hydrogen (secondary N) is 1. The maximum atomic E-state index is 4.34. The number of rotatable bonds is 2. The van der Waals surface area contributed by atoms with Gasteiger partial charge in [-0.15, -0.1) is 0 Å². The molecule has 0 saturated heterocycles. The van der Waals surface area contributed by atoms with Gasteiger partial charge in [-0.3, -0.25) is 0 Å². The van der Waals surface area contributed by atoms with Crippen LogP contribution in [0.25, 0.3) is 0 Å². The highest BCUT2D eigenvalue weighted by atomic mass is 79.9. The first-order valence-corrected chi connectivity index (χ1v) is 5.92. The minimum Gasteiger partial charge on any atom is -0.340 e. The molecule has 0 unspecified atom stereocenters. The van der Waals surface area contributed by atoms with Crippen molar-refractivity contribution in [3.63, 3.8) is 0 Å². The van der Waals surface area contributed by atoms with Crippen molar-refractivity contribution in [3.05, 3.63) is 52.1 Å². The van der Waals surface area contributed by atoms with Crippen LogP contribution in [0.2, 0.25) is 0 Å². The highest BCUT2D eigenvalue weighted by Gasteiger charge is 2.01. The normalized spacial score (nSPS) is 10.2. The molecule has 2 nitrogen and oxygen atoms in total. The van der Waals surface area contributed by atoms with Crippen LogP contribution >= 0.6 is 15.9 Å². The SMILES string of the molecule is Cc1cccc(Nc2cccc(Br)n2)c1C. The highest BCUT2D eigenvalue weighted by Crippen LogP contribution is 2.22. The Labute approximate surface area is 104 Å². The first kappa shape index (κ1) is 11.1. The molecule has 0 saturated carbocycles. The average Bonchev–Trinajstić information content (AvgIpc) is 2.25. The Morgan fingerprint density at radius 2 is 1.81 bits per heavy atom. The van der Waals surface area contributed by atoms with Crippen molar-refractivity contribution in [3.8, 4) is 0 Å². The summed E-state index contributed by atoms with van der Waals surface area (Å²) in [5, 5.41) is 3.31. The van der Waals surface area contributed by atoms with Gasteiger partial charge in [0.05, 0.1) is 0 Å². The molecule has 0 amide bonds. The molecule has 0 atom stereocenters. The fraction of sp³-hybridized carbons (Fsp3) is 0.154. The Bertz CT molecular complexity index is 509. The van der Waals surface area contributed by atoms with Crippen LogP contribution in [0, 0.1) is 13.8 Å². The molecule has 1 N–H and O–H groups in total. The van der Waals surface area contributed by atoms with E-state index in [2.05, 4.69) is 52.2 Å². The quantitative estimate of drug-likeness (QED) is 0.832. The summed E-state index contributed by atoms with van der Waals surface area (Å²) in [5.41, 5.74) is 3.63. The minimum absolute atomic E-state index is 0.836. The lowest BCUT2D eigenvalue weighted by atomic mass is 10.1. The molecular weight excluding hydrogens is 264 g/mol. The standard InChI is InChI=1S/C13H13BrN2/c1-9-5-3-6-11(10(9)2)15-13-8-4-7-12(14)16-13/h3-8H,1-2H3,(H,15,16). The Balaban J connectivity index is 2.31. The summed E-state index contributed by atoms with van der Waals surface area (Å²) >= 11 is 3.36. The zero-order chi connectivity index (χ0) is 11.5. The van der Waals surface area contributed by atoms with Gasteiger partial charge in [-0.05, 0) is 59.1 Å². The number of aromatic nitrogens is 1. The number of hydrogen-bond acceptors (Lipinski definition) is 2. The molecule has 0 aliphatic carbocycles. The van der Waals surface area contributed by atoms with Gasteiger partial charge in [-0.2, -0.15) is 0 Å². The number of halogens is 1. The summed E-state index contributed by atoms with van der Waals surface area (Å²) in [6.45, 7) is 4.21. The van der Waals surface area contributed by atoms with Gasteiger partial charge in [-0.1, -0.05) is 18.2 Å². The highest BCUT2D eigenvalue weighted by molar-refractivity contribution is 9.10. The second-order valence-corrected chi connectivity index (χ2v) is 4.53. The number of aryl methyl sites for hydroxylation is 1. The van der Waals surface area contributed by atoms with Gasteiger partial charge in [0.1, 0.15) is 10.4 Å². The largest absolute Gasteiger partial charge is 0.340 e. The molecule has 0 radical (unpaired) electrons. The number of anilines is 2. The first-order chi connectivity index (χ1) is 7.66. The van der Waals surface area contributed by atoms with E-state index in [0.29, 0.717) is 0 Å². The van der Waals surface area contributed by atoms with Crippen LogP contribution in [0.4, 0.5) is 11.5 Å². The molecule has 0 spiro atoms. The lowest BCUT2D eigenvalue weighted by Crippen LogP contribution is -1.96. The summed E-state index contributed by atoms with van der Waals surface area (Å²) in [6, 6.07) is 12.0. The zero-order valence-electron chi connectivity index (χ0n) is 9.29. The molecule has 1 aromatic heterocycles. The van der Waals surface area contributed by atoms with E-state index in [1.165, 1.54) is 11.1 Å². The molecule has 3 heteroatoms. The lowest BCUT2D eigenvalue weighted by molar-refractivity contribution is 1.25. The number of hydrogen-bond donors (Lipinski definition) is 1. The van der Waals surface area contributed by atoms with E-state index in [9.17, 15) is 0 Å².